The third-order valence-electron chi connectivity index (χ3n) is 5.12. The molecule has 1 aliphatic heterocycles. The molecule has 2 aromatic heterocycles. The lowest BCUT2D eigenvalue weighted by Gasteiger charge is -2.29. The van der Waals surface area contributed by atoms with Crippen LogP contribution < -0.4 is 9.47 Å². The van der Waals surface area contributed by atoms with Crippen LogP contribution in [0.2, 0.25) is 0 Å². The molecule has 0 aliphatic carbocycles. The topological polar surface area (TPSA) is 60.6 Å². The predicted octanol–water partition coefficient (Wildman–Crippen LogP) is 4.71. The molecule has 7 heteroatoms. The average molecular weight is 385 g/mol. The van der Waals surface area contributed by atoms with Crippen molar-refractivity contribution < 1.29 is 13.9 Å². The van der Waals surface area contributed by atoms with Crippen molar-refractivity contribution in [3.8, 4) is 22.3 Å². The maximum atomic E-state index is 5.98. The van der Waals surface area contributed by atoms with Crippen LogP contribution in [0.15, 0.2) is 40.1 Å². The molecule has 1 saturated heterocycles. The molecular weight excluding hydrogens is 362 g/mol. The fourth-order valence-electron chi connectivity index (χ4n) is 3.73. The van der Waals surface area contributed by atoms with Crippen molar-refractivity contribution in [2.24, 2.45) is 0 Å². The van der Waals surface area contributed by atoms with Crippen molar-refractivity contribution in [3.05, 3.63) is 47.2 Å². The van der Waals surface area contributed by atoms with Crippen molar-refractivity contribution in [2.75, 3.05) is 20.8 Å². The van der Waals surface area contributed by atoms with E-state index in [2.05, 4.69) is 28.1 Å². The van der Waals surface area contributed by atoms with Crippen molar-refractivity contribution in [1.29, 1.82) is 0 Å². The molecule has 1 aromatic carbocycles. The second-order valence-corrected chi connectivity index (χ2v) is 7.55. The second kappa shape index (κ2) is 7.70. The van der Waals surface area contributed by atoms with Crippen LogP contribution >= 0.6 is 11.3 Å². The van der Waals surface area contributed by atoms with Crippen LogP contribution in [0.25, 0.3) is 10.8 Å². The molecule has 1 fully saturated rings. The molecule has 3 heterocycles. The first-order valence-corrected chi connectivity index (χ1v) is 9.94. The van der Waals surface area contributed by atoms with Gasteiger partial charge < -0.3 is 13.9 Å². The highest BCUT2D eigenvalue weighted by Crippen LogP contribution is 2.43. The highest BCUT2D eigenvalue weighted by atomic mass is 32.1. The molecule has 3 aromatic rings. The number of hydrogen-bond donors (Lipinski definition) is 0. The van der Waals surface area contributed by atoms with E-state index in [9.17, 15) is 0 Å². The summed E-state index contributed by atoms with van der Waals surface area (Å²) in [5, 5.41) is 10.6. The normalized spacial score (nSPS) is 18.6. The molecule has 0 radical (unpaired) electrons. The summed E-state index contributed by atoms with van der Waals surface area (Å²) >= 11 is 1.60. The highest BCUT2D eigenvalue weighted by molar-refractivity contribution is 7.13. The number of hydrogen-bond acceptors (Lipinski definition) is 7. The zero-order valence-electron chi connectivity index (χ0n) is 15.7. The van der Waals surface area contributed by atoms with Crippen LogP contribution in [-0.4, -0.2) is 35.9 Å². The Morgan fingerprint density at radius 3 is 2.85 bits per heavy atom. The predicted molar refractivity (Wildman–Crippen MR) is 104 cm³/mol. The number of ether oxygens (including phenoxy) is 2. The lowest BCUT2D eigenvalue weighted by Crippen LogP contribution is -2.27. The smallest absolute Gasteiger partial charge is 0.257 e. The van der Waals surface area contributed by atoms with Crippen molar-refractivity contribution >= 4 is 11.3 Å². The van der Waals surface area contributed by atoms with Gasteiger partial charge in [-0.05, 0) is 56.0 Å². The molecule has 0 spiro atoms. The Kier molecular flexibility index (Phi) is 5.13. The Morgan fingerprint density at radius 1 is 1.22 bits per heavy atom. The summed E-state index contributed by atoms with van der Waals surface area (Å²) in [5.74, 6) is 2.95. The van der Waals surface area contributed by atoms with Gasteiger partial charge in [0.15, 0.2) is 0 Å². The Labute approximate surface area is 162 Å². The van der Waals surface area contributed by atoms with E-state index in [1.54, 1.807) is 25.6 Å². The second-order valence-electron chi connectivity index (χ2n) is 6.60. The van der Waals surface area contributed by atoms with Gasteiger partial charge in [-0.25, -0.2) is 0 Å². The SMILES string of the molecule is COc1ccc(OC)c([C@H]2CCCN2[C@H](C)c2nnc(-c3cccs3)o2)c1. The van der Waals surface area contributed by atoms with E-state index in [4.69, 9.17) is 13.9 Å². The highest BCUT2D eigenvalue weighted by Gasteiger charge is 2.34. The maximum Gasteiger partial charge on any atom is 0.257 e. The average Bonchev–Trinajstić information content (AvgIpc) is 3.47. The summed E-state index contributed by atoms with van der Waals surface area (Å²) in [6.07, 6.45) is 2.17. The van der Waals surface area contributed by atoms with Crippen LogP contribution in [0, 0.1) is 0 Å². The quantitative estimate of drug-likeness (QED) is 0.612. The van der Waals surface area contributed by atoms with E-state index in [1.807, 2.05) is 29.6 Å². The van der Waals surface area contributed by atoms with Gasteiger partial charge in [0.2, 0.25) is 5.89 Å². The van der Waals surface area contributed by atoms with Gasteiger partial charge in [-0.2, -0.15) is 0 Å². The number of likely N-dealkylation sites (tertiary alicyclic amines) is 1. The van der Waals surface area contributed by atoms with Crippen molar-refractivity contribution in [3.63, 3.8) is 0 Å². The maximum absolute atomic E-state index is 5.98. The van der Waals surface area contributed by atoms with Gasteiger partial charge in [0, 0.05) is 11.6 Å². The first-order valence-electron chi connectivity index (χ1n) is 9.06. The molecule has 0 bridgehead atoms. The van der Waals surface area contributed by atoms with Gasteiger partial charge in [0.05, 0.1) is 25.1 Å². The van der Waals surface area contributed by atoms with Crippen LogP contribution in [-0.2, 0) is 0 Å². The number of aromatic nitrogens is 2. The van der Waals surface area contributed by atoms with Gasteiger partial charge in [0.25, 0.3) is 5.89 Å². The van der Waals surface area contributed by atoms with E-state index in [0.717, 1.165) is 41.3 Å². The molecule has 0 saturated carbocycles. The molecule has 4 rings (SSSR count). The first-order chi connectivity index (χ1) is 13.2. The van der Waals surface area contributed by atoms with Gasteiger partial charge in [-0.3, -0.25) is 4.90 Å². The van der Waals surface area contributed by atoms with E-state index >= 15 is 0 Å². The molecule has 27 heavy (non-hydrogen) atoms. The molecule has 0 N–H and O–H groups in total. The minimum atomic E-state index is 0.0228. The van der Waals surface area contributed by atoms with Gasteiger partial charge >= 0.3 is 0 Å². The fourth-order valence-corrected chi connectivity index (χ4v) is 4.38. The number of methoxy groups -OCH3 is 2. The largest absolute Gasteiger partial charge is 0.497 e. The Hall–Kier alpha value is -2.38. The molecular formula is C20H23N3O3S. The minimum Gasteiger partial charge on any atom is -0.497 e. The molecule has 2 atom stereocenters. The van der Waals surface area contributed by atoms with Crippen LogP contribution in [0.4, 0.5) is 0 Å². The summed E-state index contributed by atoms with van der Waals surface area (Å²) < 4.78 is 17.0. The fraction of sp³-hybridized carbons (Fsp3) is 0.400. The van der Waals surface area contributed by atoms with Crippen LogP contribution in [0.3, 0.4) is 0 Å². The zero-order valence-corrected chi connectivity index (χ0v) is 16.5. The molecule has 0 amide bonds. The van der Waals surface area contributed by atoms with Crippen molar-refractivity contribution in [2.45, 2.75) is 31.8 Å². The van der Waals surface area contributed by atoms with Gasteiger partial charge in [-0.15, -0.1) is 21.5 Å². The summed E-state index contributed by atoms with van der Waals surface area (Å²) in [6, 6.07) is 10.2. The monoisotopic (exact) mass is 385 g/mol. The minimum absolute atomic E-state index is 0.0228. The summed E-state index contributed by atoms with van der Waals surface area (Å²) in [5.41, 5.74) is 1.14. The lowest BCUT2D eigenvalue weighted by molar-refractivity contribution is 0.166. The summed E-state index contributed by atoms with van der Waals surface area (Å²) in [6.45, 7) is 3.10. The Bertz CT molecular complexity index is 894. The van der Waals surface area contributed by atoms with Crippen LogP contribution in [0.1, 0.15) is 43.3 Å². The molecule has 6 nitrogen and oxygen atoms in total. The standard InChI is InChI=1S/C20H23N3O3S/c1-13(19-21-22-20(26-19)18-7-5-11-27-18)23-10-4-6-16(23)15-12-14(24-2)8-9-17(15)25-3/h5,7-9,11-13,16H,4,6,10H2,1-3H3/t13-,16-/m1/s1. The third-order valence-corrected chi connectivity index (χ3v) is 5.98. The Morgan fingerprint density at radius 2 is 2.11 bits per heavy atom. The number of rotatable bonds is 6. The summed E-state index contributed by atoms with van der Waals surface area (Å²) in [7, 11) is 3.39. The number of benzene rings is 1. The zero-order chi connectivity index (χ0) is 18.8. The number of nitrogens with zero attached hydrogens (tertiary/aromatic N) is 3. The van der Waals surface area contributed by atoms with E-state index in [0.29, 0.717) is 11.8 Å². The Balaban J connectivity index is 1.62. The van der Waals surface area contributed by atoms with Gasteiger partial charge in [0.1, 0.15) is 11.5 Å². The lowest BCUT2D eigenvalue weighted by atomic mass is 10.0. The molecule has 1 aliphatic rings. The summed E-state index contributed by atoms with van der Waals surface area (Å²) in [4.78, 5) is 3.40. The van der Waals surface area contributed by atoms with E-state index in [-0.39, 0.29) is 12.1 Å². The van der Waals surface area contributed by atoms with Gasteiger partial charge in [-0.1, -0.05) is 6.07 Å². The van der Waals surface area contributed by atoms with Crippen LogP contribution in [0.5, 0.6) is 11.5 Å². The van der Waals surface area contributed by atoms with E-state index in [1.165, 1.54) is 0 Å². The first kappa shape index (κ1) is 18.0. The molecule has 0 unspecified atom stereocenters. The molecule has 142 valence electrons. The van der Waals surface area contributed by atoms with E-state index < -0.39 is 0 Å². The van der Waals surface area contributed by atoms with Crippen molar-refractivity contribution in [1.82, 2.24) is 15.1 Å². The number of thiophene rings is 1. The third kappa shape index (κ3) is 3.44.